The van der Waals surface area contributed by atoms with E-state index in [0.29, 0.717) is 5.69 Å². The molecule has 2 rings (SSSR count). The van der Waals surface area contributed by atoms with Crippen LogP contribution in [-0.4, -0.2) is 16.1 Å². The van der Waals surface area contributed by atoms with Crippen molar-refractivity contribution in [3.05, 3.63) is 65.5 Å². The van der Waals surface area contributed by atoms with E-state index in [9.17, 15) is 4.79 Å². The maximum Gasteiger partial charge on any atom is 0.354 e. The highest BCUT2D eigenvalue weighted by atomic mass is 16.4. The summed E-state index contributed by atoms with van der Waals surface area (Å²) in [6, 6.07) is 14.2. The molecule has 2 aromatic rings. The summed E-state index contributed by atoms with van der Waals surface area (Å²) in [6.07, 6.45) is 0. The Bertz CT molecular complexity index is 594. The van der Waals surface area contributed by atoms with E-state index in [-0.39, 0.29) is 5.69 Å². The second kappa shape index (κ2) is 4.95. The van der Waals surface area contributed by atoms with Crippen molar-refractivity contribution in [1.29, 1.82) is 0 Å². The van der Waals surface area contributed by atoms with Gasteiger partial charge < -0.3 is 5.11 Å². The minimum Gasteiger partial charge on any atom is -0.477 e. The first-order valence-electron chi connectivity index (χ1n) is 5.03. The second-order valence-corrected chi connectivity index (χ2v) is 3.33. The van der Waals surface area contributed by atoms with Crippen molar-refractivity contribution in [3.63, 3.8) is 0 Å². The largest absolute Gasteiger partial charge is 0.477 e. The third-order valence-corrected chi connectivity index (χ3v) is 2.08. The summed E-state index contributed by atoms with van der Waals surface area (Å²) in [5.41, 5.74) is 1.33. The highest BCUT2D eigenvalue weighted by Gasteiger charge is 2.02. The first-order chi connectivity index (χ1) is 8.25. The number of carbonyl (C=O) groups is 1. The van der Waals surface area contributed by atoms with Crippen LogP contribution in [0.25, 0.3) is 0 Å². The highest BCUT2D eigenvalue weighted by molar-refractivity contribution is 5.85. The van der Waals surface area contributed by atoms with Crippen LogP contribution < -0.4 is 0 Å². The predicted octanol–water partition coefficient (Wildman–Crippen LogP) is 2.18. The fraction of sp³-hybridized carbons (Fsp3) is 0. The van der Waals surface area contributed by atoms with E-state index in [0.717, 1.165) is 5.56 Å². The van der Waals surface area contributed by atoms with E-state index >= 15 is 0 Å². The Hall–Kier alpha value is -2.60. The number of benzene rings is 1. The molecule has 0 spiro atoms. The average Bonchev–Trinajstić information content (AvgIpc) is 2.38. The Morgan fingerprint density at radius 2 is 1.76 bits per heavy atom. The molecule has 0 aliphatic carbocycles. The molecule has 0 unspecified atom stereocenters. The van der Waals surface area contributed by atoms with Crippen molar-refractivity contribution < 1.29 is 9.90 Å². The van der Waals surface area contributed by atoms with Crippen molar-refractivity contribution in [2.45, 2.75) is 0 Å². The molecule has 0 aliphatic rings. The molecular weight excluding hydrogens is 214 g/mol. The summed E-state index contributed by atoms with van der Waals surface area (Å²) in [5.74, 6) is 4.71. The van der Waals surface area contributed by atoms with Gasteiger partial charge in [-0.15, -0.1) is 0 Å². The SMILES string of the molecule is O=C(O)c1cccc(C#Cc2ccccc2)n1. The van der Waals surface area contributed by atoms with Gasteiger partial charge in [-0.2, -0.15) is 0 Å². The lowest BCUT2D eigenvalue weighted by atomic mass is 10.2. The highest BCUT2D eigenvalue weighted by Crippen LogP contribution is 2.00. The smallest absolute Gasteiger partial charge is 0.354 e. The summed E-state index contributed by atoms with van der Waals surface area (Å²) < 4.78 is 0. The topological polar surface area (TPSA) is 50.2 Å². The third-order valence-electron chi connectivity index (χ3n) is 2.08. The number of hydrogen-bond acceptors (Lipinski definition) is 2. The van der Waals surface area contributed by atoms with Gasteiger partial charge in [0.15, 0.2) is 0 Å². The summed E-state index contributed by atoms with van der Waals surface area (Å²) >= 11 is 0. The molecule has 0 radical (unpaired) electrons. The van der Waals surface area contributed by atoms with E-state index in [1.165, 1.54) is 6.07 Å². The zero-order valence-electron chi connectivity index (χ0n) is 8.92. The molecule has 1 N–H and O–H groups in total. The molecule has 0 aliphatic heterocycles. The van der Waals surface area contributed by atoms with Crippen LogP contribution in [0.2, 0.25) is 0 Å². The number of carboxylic acids is 1. The van der Waals surface area contributed by atoms with Crippen LogP contribution in [0.3, 0.4) is 0 Å². The Kier molecular flexibility index (Phi) is 3.18. The molecule has 0 saturated carbocycles. The maximum absolute atomic E-state index is 10.7. The monoisotopic (exact) mass is 223 g/mol. The predicted molar refractivity (Wildman–Crippen MR) is 63.6 cm³/mol. The first kappa shape index (κ1) is 10.9. The van der Waals surface area contributed by atoms with Crippen LogP contribution in [0.4, 0.5) is 0 Å². The van der Waals surface area contributed by atoms with Gasteiger partial charge in [0.1, 0.15) is 11.4 Å². The number of hydrogen-bond donors (Lipinski definition) is 1. The van der Waals surface area contributed by atoms with E-state index in [1.807, 2.05) is 30.3 Å². The van der Waals surface area contributed by atoms with Gasteiger partial charge in [-0.25, -0.2) is 9.78 Å². The summed E-state index contributed by atoms with van der Waals surface area (Å²) in [7, 11) is 0. The first-order valence-corrected chi connectivity index (χ1v) is 5.03. The minimum atomic E-state index is -1.05. The zero-order valence-corrected chi connectivity index (χ0v) is 8.92. The summed E-state index contributed by atoms with van der Waals surface area (Å²) in [6.45, 7) is 0. The number of carboxylic acid groups (broad SMARTS) is 1. The average molecular weight is 223 g/mol. The fourth-order valence-corrected chi connectivity index (χ4v) is 1.28. The van der Waals surface area contributed by atoms with Crippen LogP contribution in [0.1, 0.15) is 21.7 Å². The quantitative estimate of drug-likeness (QED) is 0.754. The fourth-order valence-electron chi connectivity index (χ4n) is 1.28. The van der Waals surface area contributed by atoms with Gasteiger partial charge in [0.05, 0.1) is 0 Å². The summed E-state index contributed by atoms with van der Waals surface area (Å²) in [4.78, 5) is 14.6. The number of aromatic carboxylic acids is 1. The van der Waals surface area contributed by atoms with E-state index < -0.39 is 5.97 Å². The van der Waals surface area contributed by atoms with Crippen LogP contribution in [0, 0.1) is 11.8 Å². The van der Waals surface area contributed by atoms with Gasteiger partial charge >= 0.3 is 5.97 Å². The normalized spacial score (nSPS) is 9.18. The molecule has 0 fully saturated rings. The standard InChI is InChI=1S/C14H9NO2/c16-14(17)13-8-4-7-12(15-13)10-9-11-5-2-1-3-6-11/h1-8H,(H,16,17). The van der Waals surface area contributed by atoms with Gasteiger partial charge in [-0.3, -0.25) is 0 Å². The summed E-state index contributed by atoms with van der Waals surface area (Å²) in [5, 5.41) is 8.78. The molecule has 1 aromatic carbocycles. The lowest BCUT2D eigenvalue weighted by Crippen LogP contribution is -2.00. The van der Waals surface area contributed by atoms with Crippen LogP contribution in [0.15, 0.2) is 48.5 Å². The molecule has 3 nitrogen and oxygen atoms in total. The Morgan fingerprint density at radius 3 is 2.47 bits per heavy atom. The molecule has 0 saturated heterocycles. The Balaban J connectivity index is 2.28. The Morgan fingerprint density at radius 1 is 1.00 bits per heavy atom. The van der Waals surface area contributed by atoms with Crippen LogP contribution in [-0.2, 0) is 0 Å². The van der Waals surface area contributed by atoms with E-state index in [1.54, 1.807) is 12.1 Å². The van der Waals surface area contributed by atoms with Crippen molar-refractivity contribution in [1.82, 2.24) is 4.98 Å². The molecule has 0 bridgehead atoms. The molecular formula is C14H9NO2. The van der Waals surface area contributed by atoms with Gasteiger partial charge in [0.2, 0.25) is 0 Å². The van der Waals surface area contributed by atoms with Gasteiger partial charge in [-0.1, -0.05) is 30.2 Å². The van der Waals surface area contributed by atoms with Crippen molar-refractivity contribution in [2.75, 3.05) is 0 Å². The lowest BCUT2D eigenvalue weighted by molar-refractivity contribution is 0.0690. The second-order valence-electron chi connectivity index (χ2n) is 3.33. The van der Waals surface area contributed by atoms with Crippen LogP contribution in [0.5, 0.6) is 0 Å². The minimum absolute atomic E-state index is 0.00450. The number of aromatic nitrogens is 1. The third kappa shape index (κ3) is 2.93. The molecule has 82 valence electrons. The molecule has 1 heterocycles. The van der Waals surface area contributed by atoms with Gasteiger partial charge in [0, 0.05) is 5.56 Å². The maximum atomic E-state index is 10.7. The van der Waals surface area contributed by atoms with Crippen molar-refractivity contribution in [2.24, 2.45) is 0 Å². The van der Waals surface area contributed by atoms with Crippen molar-refractivity contribution >= 4 is 5.97 Å². The van der Waals surface area contributed by atoms with E-state index in [2.05, 4.69) is 16.8 Å². The number of nitrogens with zero attached hydrogens (tertiary/aromatic N) is 1. The number of pyridine rings is 1. The van der Waals surface area contributed by atoms with Gasteiger partial charge in [-0.05, 0) is 30.2 Å². The molecule has 0 atom stereocenters. The molecule has 0 amide bonds. The van der Waals surface area contributed by atoms with Gasteiger partial charge in [0.25, 0.3) is 0 Å². The molecule has 1 aromatic heterocycles. The molecule has 3 heteroatoms. The number of rotatable bonds is 1. The zero-order chi connectivity index (χ0) is 12.1. The van der Waals surface area contributed by atoms with Crippen LogP contribution >= 0.6 is 0 Å². The van der Waals surface area contributed by atoms with Crippen molar-refractivity contribution in [3.8, 4) is 11.8 Å². The lowest BCUT2D eigenvalue weighted by Gasteiger charge is -1.93. The Labute approximate surface area is 98.8 Å². The molecule has 17 heavy (non-hydrogen) atoms. The van der Waals surface area contributed by atoms with E-state index in [4.69, 9.17) is 5.11 Å².